The summed E-state index contributed by atoms with van der Waals surface area (Å²) in [5.74, 6) is -0.452. The van der Waals surface area contributed by atoms with Crippen LogP contribution in [0.1, 0.15) is 27.3 Å². The highest BCUT2D eigenvalue weighted by molar-refractivity contribution is 7.19. The van der Waals surface area contributed by atoms with Gasteiger partial charge in [-0.15, -0.1) is 22.7 Å². The molecule has 3 atom stereocenters. The summed E-state index contributed by atoms with van der Waals surface area (Å²) in [6.07, 6.45) is -1.54. The minimum absolute atomic E-state index is 0.0430. The van der Waals surface area contributed by atoms with E-state index in [-0.39, 0.29) is 18.8 Å². The molecule has 0 saturated carbocycles. The van der Waals surface area contributed by atoms with E-state index in [2.05, 4.69) is 62.4 Å². The molecule has 0 radical (unpaired) electrons. The SMILES string of the molecule is Cc1ccc2sc(COC3=C(Cc4cc5cc(C)ccc5s4)[C@]4(O)C[C@@H](OC4=O)[C@@H]3O)cc2c1. The summed E-state index contributed by atoms with van der Waals surface area (Å²) in [4.78, 5) is 14.6. The smallest absolute Gasteiger partial charge is 0.343 e. The second-order valence-corrected chi connectivity index (χ2v) is 11.6. The van der Waals surface area contributed by atoms with E-state index < -0.39 is 23.8 Å². The number of hydrogen-bond donors (Lipinski definition) is 2. The number of aryl methyl sites for hydroxylation is 2. The number of aliphatic hydroxyl groups is 2. The molecule has 0 spiro atoms. The molecular weight excluding hydrogens is 468 g/mol. The molecule has 1 aliphatic carbocycles. The quantitative estimate of drug-likeness (QED) is 0.376. The molecule has 1 fully saturated rings. The molecule has 2 N–H and O–H groups in total. The zero-order chi connectivity index (χ0) is 23.6. The molecule has 2 bridgehead atoms. The first-order valence-electron chi connectivity index (χ1n) is 11.3. The van der Waals surface area contributed by atoms with E-state index in [0.717, 1.165) is 25.2 Å². The van der Waals surface area contributed by atoms with Crippen molar-refractivity contribution < 1.29 is 24.5 Å². The van der Waals surface area contributed by atoms with Crippen molar-refractivity contribution in [3.63, 3.8) is 0 Å². The first-order chi connectivity index (χ1) is 16.3. The Balaban J connectivity index is 1.37. The summed E-state index contributed by atoms with van der Waals surface area (Å²) in [6, 6.07) is 16.7. The molecule has 5 nitrogen and oxygen atoms in total. The van der Waals surface area contributed by atoms with Crippen LogP contribution in [0, 0.1) is 13.8 Å². The Morgan fingerprint density at radius 1 is 1.00 bits per heavy atom. The molecular formula is C27H24O5S2. The van der Waals surface area contributed by atoms with Gasteiger partial charge in [0.2, 0.25) is 0 Å². The van der Waals surface area contributed by atoms with Crippen molar-refractivity contribution in [2.24, 2.45) is 0 Å². The number of thiophene rings is 2. The Morgan fingerprint density at radius 2 is 1.62 bits per heavy atom. The molecule has 0 unspecified atom stereocenters. The van der Waals surface area contributed by atoms with Crippen LogP contribution in [0.25, 0.3) is 20.2 Å². The average molecular weight is 493 g/mol. The van der Waals surface area contributed by atoms with Gasteiger partial charge in [-0.1, -0.05) is 35.4 Å². The van der Waals surface area contributed by atoms with Gasteiger partial charge >= 0.3 is 5.97 Å². The average Bonchev–Trinajstić information content (AvgIpc) is 3.46. The largest absolute Gasteiger partial charge is 0.489 e. The number of rotatable bonds is 5. The number of fused-ring (bicyclic) bond motifs is 4. The summed E-state index contributed by atoms with van der Waals surface area (Å²) in [6.45, 7) is 4.36. The lowest BCUT2D eigenvalue weighted by Crippen LogP contribution is -2.44. The van der Waals surface area contributed by atoms with Crippen LogP contribution in [-0.2, 0) is 27.3 Å². The Kier molecular flexibility index (Phi) is 5.08. The predicted octanol–water partition coefficient (Wildman–Crippen LogP) is 5.17. The number of benzene rings is 2. The first-order valence-corrected chi connectivity index (χ1v) is 12.9. The molecule has 2 aliphatic rings. The van der Waals surface area contributed by atoms with Gasteiger partial charge in [-0.3, -0.25) is 0 Å². The fourth-order valence-corrected chi connectivity index (χ4v) is 6.96. The third-order valence-corrected chi connectivity index (χ3v) is 8.88. The highest BCUT2D eigenvalue weighted by Gasteiger charge is 2.58. The van der Waals surface area contributed by atoms with E-state index in [4.69, 9.17) is 9.47 Å². The van der Waals surface area contributed by atoms with E-state index in [1.807, 2.05) is 0 Å². The van der Waals surface area contributed by atoms with Crippen LogP contribution >= 0.6 is 22.7 Å². The van der Waals surface area contributed by atoms with Crippen molar-refractivity contribution in [3.8, 4) is 0 Å². The van der Waals surface area contributed by atoms with E-state index >= 15 is 0 Å². The Labute approximate surface area is 204 Å². The normalized spacial score (nSPS) is 24.3. The third-order valence-electron chi connectivity index (χ3n) is 6.68. The van der Waals surface area contributed by atoms with Crippen LogP contribution in [0.15, 0.2) is 59.9 Å². The minimum Gasteiger partial charge on any atom is -0.489 e. The summed E-state index contributed by atoms with van der Waals surface area (Å²) >= 11 is 3.25. The lowest BCUT2D eigenvalue weighted by atomic mass is 9.80. The third kappa shape index (κ3) is 3.55. The molecule has 6 rings (SSSR count). The minimum atomic E-state index is -1.78. The molecule has 4 aromatic rings. The van der Waals surface area contributed by atoms with Crippen molar-refractivity contribution in [1.29, 1.82) is 0 Å². The summed E-state index contributed by atoms with van der Waals surface area (Å²) in [7, 11) is 0. The van der Waals surface area contributed by atoms with Crippen molar-refractivity contribution in [2.75, 3.05) is 0 Å². The van der Waals surface area contributed by atoms with E-state index in [9.17, 15) is 15.0 Å². The maximum atomic E-state index is 12.6. The van der Waals surface area contributed by atoms with Crippen LogP contribution in [0.4, 0.5) is 0 Å². The maximum Gasteiger partial charge on any atom is 0.343 e. The van der Waals surface area contributed by atoms with Gasteiger partial charge in [0.15, 0.2) is 5.60 Å². The van der Waals surface area contributed by atoms with Crippen molar-refractivity contribution >= 4 is 48.8 Å². The van der Waals surface area contributed by atoms with Crippen LogP contribution in [0.2, 0.25) is 0 Å². The second kappa shape index (κ2) is 7.92. The van der Waals surface area contributed by atoms with Gasteiger partial charge in [0.05, 0.1) is 0 Å². The van der Waals surface area contributed by atoms with Gasteiger partial charge in [0.1, 0.15) is 24.6 Å². The highest BCUT2D eigenvalue weighted by Crippen LogP contribution is 2.45. The molecule has 0 amide bonds. The molecule has 2 aromatic heterocycles. The summed E-state index contributed by atoms with van der Waals surface area (Å²) < 4.78 is 13.8. The van der Waals surface area contributed by atoms with Gasteiger partial charge in [0, 0.05) is 37.6 Å². The Hall–Kier alpha value is -2.71. The van der Waals surface area contributed by atoms with E-state index in [1.54, 1.807) is 22.7 Å². The lowest BCUT2D eigenvalue weighted by molar-refractivity contribution is -0.153. The van der Waals surface area contributed by atoms with E-state index in [1.165, 1.54) is 15.8 Å². The monoisotopic (exact) mass is 492 g/mol. The maximum absolute atomic E-state index is 12.6. The zero-order valence-electron chi connectivity index (χ0n) is 18.8. The summed E-state index contributed by atoms with van der Waals surface area (Å²) in [5.41, 5.74) is 0.993. The summed E-state index contributed by atoms with van der Waals surface area (Å²) in [5, 5.41) is 24.6. The zero-order valence-corrected chi connectivity index (χ0v) is 20.5. The van der Waals surface area contributed by atoms with Gasteiger partial charge < -0.3 is 19.7 Å². The number of carbonyl (C=O) groups excluding carboxylic acids is 1. The van der Waals surface area contributed by atoms with Crippen molar-refractivity contribution in [3.05, 3.63) is 80.7 Å². The topological polar surface area (TPSA) is 76.0 Å². The number of aliphatic hydroxyl groups excluding tert-OH is 1. The van der Waals surface area contributed by atoms with E-state index in [0.29, 0.717) is 12.0 Å². The predicted molar refractivity (Wildman–Crippen MR) is 134 cm³/mol. The molecule has 3 heterocycles. The number of ether oxygens (including phenoxy) is 2. The van der Waals surface area contributed by atoms with Crippen LogP contribution in [0.5, 0.6) is 0 Å². The van der Waals surface area contributed by atoms with Crippen LogP contribution in [0.3, 0.4) is 0 Å². The Morgan fingerprint density at radius 3 is 2.29 bits per heavy atom. The second-order valence-electron chi connectivity index (χ2n) is 9.27. The molecule has 174 valence electrons. The van der Waals surface area contributed by atoms with Gasteiger partial charge in [-0.25, -0.2) is 4.79 Å². The molecule has 7 heteroatoms. The van der Waals surface area contributed by atoms with Crippen molar-refractivity contribution in [2.45, 2.75) is 51.1 Å². The molecule has 2 aromatic carbocycles. The first kappa shape index (κ1) is 21.8. The number of esters is 1. The van der Waals surface area contributed by atoms with Gasteiger partial charge in [-0.05, 0) is 48.9 Å². The van der Waals surface area contributed by atoms with Gasteiger partial charge in [-0.2, -0.15) is 0 Å². The van der Waals surface area contributed by atoms with Crippen LogP contribution in [-0.4, -0.2) is 34.0 Å². The highest BCUT2D eigenvalue weighted by atomic mass is 32.1. The van der Waals surface area contributed by atoms with Crippen LogP contribution < -0.4 is 0 Å². The molecule has 1 saturated heterocycles. The standard InChI is InChI=1S/C27H24O5S2/c1-14-3-5-22-16(7-14)9-18(33-22)11-20-25(24(28)21-12-27(20,30)26(29)32-21)31-13-19-10-17-8-15(2)4-6-23(17)34-19/h3-10,21,24,28,30H,11-13H2,1-2H3/t21-,24+,27-/m1/s1. The number of hydrogen-bond acceptors (Lipinski definition) is 7. The number of carbonyl (C=O) groups is 1. The molecule has 1 aliphatic heterocycles. The van der Waals surface area contributed by atoms with Gasteiger partial charge in [0.25, 0.3) is 0 Å². The molecule has 34 heavy (non-hydrogen) atoms. The Bertz CT molecular complexity index is 1480. The van der Waals surface area contributed by atoms with Crippen molar-refractivity contribution in [1.82, 2.24) is 0 Å². The fraction of sp³-hybridized carbons (Fsp3) is 0.296. The fourth-order valence-electron chi connectivity index (χ4n) is 4.95. The lowest BCUT2D eigenvalue weighted by Gasteiger charge is -2.31.